The maximum atomic E-state index is 12.9. The van der Waals surface area contributed by atoms with Crippen LogP contribution in [0.25, 0.3) is 5.65 Å². The summed E-state index contributed by atoms with van der Waals surface area (Å²) in [5, 5.41) is 11.6. The molecule has 3 heterocycles. The molecule has 1 atom stereocenters. The van der Waals surface area contributed by atoms with Crippen molar-refractivity contribution in [3.8, 4) is 11.5 Å². The SMILES string of the molecule is COc1cccc(CNC(=O)[C@H]2CCCN(c3nnc4ccccn34)C2)c1OC. The van der Waals surface area contributed by atoms with Crippen LogP contribution in [-0.4, -0.2) is 47.8 Å². The van der Waals surface area contributed by atoms with E-state index in [1.54, 1.807) is 14.2 Å². The summed E-state index contributed by atoms with van der Waals surface area (Å²) in [6.45, 7) is 1.88. The Morgan fingerprint density at radius 3 is 2.90 bits per heavy atom. The molecule has 8 heteroatoms. The first-order valence-electron chi connectivity index (χ1n) is 9.73. The first-order valence-corrected chi connectivity index (χ1v) is 9.73. The Kier molecular flexibility index (Phi) is 5.50. The van der Waals surface area contributed by atoms with Gasteiger partial charge in [0.1, 0.15) is 0 Å². The summed E-state index contributed by atoms with van der Waals surface area (Å²) in [6, 6.07) is 11.5. The molecular weight excluding hydrogens is 370 g/mol. The monoisotopic (exact) mass is 395 g/mol. The lowest BCUT2D eigenvalue weighted by Crippen LogP contribution is -2.43. The number of hydrogen-bond acceptors (Lipinski definition) is 6. The van der Waals surface area contributed by atoms with E-state index in [9.17, 15) is 4.79 Å². The quantitative estimate of drug-likeness (QED) is 0.690. The van der Waals surface area contributed by atoms with E-state index in [0.29, 0.717) is 24.6 Å². The number of hydrogen-bond donors (Lipinski definition) is 1. The number of aromatic nitrogens is 3. The molecule has 0 unspecified atom stereocenters. The summed E-state index contributed by atoms with van der Waals surface area (Å²) in [6.07, 6.45) is 3.74. The summed E-state index contributed by atoms with van der Waals surface area (Å²) < 4.78 is 12.7. The van der Waals surface area contributed by atoms with Crippen LogP contribution in [0.4, 0.5) is 5.95 Å². The van der Waals surface area contributed by atoms with E-state index in [4.69, 9.17) is 9.47 Å². The van der Waals surface area contributed by atoms with Crippen LogP contribution in [0.3, 0.4) is 0 Å². The van der Waals surface area contributed by atoms with Crippen molar-refractivity contribution in [1.29, 1.82) is 0 Å². The van der Waals surface area contributed by atoms with Gasteiger partial charge in [0.15, 0.2) is 17.1 Å². The highest BCUT2D eigenvalue weighted by molar-refractivity contribution is 5.79. The lowest BCUT2D eigenvalue weighted by atomic mass is 9.97. The highest BCUT2D eigenvalue weighted by atomic mass is 16.5. The van der Waals surface area contributed by atoms with Crippen molar-refractivity contribution < 1.29 is 14.3 Å². The van der Waals surface area contributed by atoms with E-state index >= 15 is 0 Å². The molecule has 8 nitrogen and oxygen atoms in total. The van der Waals surface area contributed by atoms with Gasteiger partial charge in [0.25, 0.3) is 0 Å². The third kappa shape index (κ3) is 3.83. The number of para-hydroxylation sites is 1. The summed E-state index contributed by atoms with van der Waals surface area (Å²) in [5.41, 5.74) is 1.69. The van der Waals surface area contributed by atoms with Gasteiger partial charge in [-0.05, 0) is 31.0 Å². The van der Waals surface area contributed by atoms with E-state index in [-0.39, 0.29) is 11.8 Å². The number of pyridine rings is 1. The number of benzene rings is 1. The van der Waals surface area contributed by atoms with Crippen LogP contribution < -0.4 is 19.7 Å². The summed E-state index contributed by atoms with van der Waals surface area (Å²) >= 11 is 0. The van der Waals surface area contributed by atoms with Crippen LogP contribution in [0.2, 0.25) is 0 Å². The molecule has 1 aromatic carbocycles. The van der Waals surface area contributed by atoms with Crippen molar-refractivity contribution in [3.05, 3.63) is 48.2 Å². The number of nitrogens with one attached hydrogen (secondary N) is 1. The first kappa shape index (κ1) is 19.0. The lowest BCUT2D eigenvalue weighted by molar-refractivity contribution is -0.125. The van der Waals surface area contributed by atoms with Crippen LogP contribution >= 0.6 is 0 Å². The number of piperidine rings is 1. The molecule has 1 amide bonds. The van der Waals surface area contributed by atoms with Gasteiger partial charge in [0.05, 0.1) is 20.1 Å². The van der Waals surface area contributed by atoms with Gasteiger partial charge >= 0.3 is 0 Å². The molecule has 0 spiro atoms. The van der Waals surface area contributed by atoms with Crippen molar-refractivity contribution in [2.75, 3.05) is 32.2 Å². The fourth-order valence-electron chi connectivity index (χ4n) is 3.84. The fraction of sp³-hybridized carbons (Fsp3) is 0.381. The number of ether oxygens (including phenoxy) is 2. The summed E-state index contributed by atoms with van der Waals surface area (Å²) in [4.78, 5) is 15.0. The van der Waals surface area contributed by atoms with Crippen molar-refractivity contribution >= 4 is 17.5 Å². The standard InChI is InChI=1S/C21H25N5O3/c1-28-17-9-5-7-15(19(17)29-2)13-22-20(27)16-8-6-11-25(14-16)21-24-23-18-10-3-4-12-26(18)21/h3-5,7,9-10,12,16H,6,8,11,13-14H2,1-2H3,(H,22,27)/t16-/m0/s1. The van der Waals surface area contributed by atoms with Crippen LogP contribution in [0.1, 0.15) is 18.4 Å². The number of anilines is 1. The van der Waals surface area contributed by atoms with Gasteiger partial charge in [-0.15, -0.1) is 10.2 Å². The molecule has 0 bridgehead atoms. The molecule has 1 fully saturated rings. The minimum Gasteiger partial charge on any atom is -0.493 e. The second kappa shape index (κ2) is 8.38. The number of rotatable bonds is 6. The lowest BCUT2D eigenvalue weighted by Gasteiger charge is -2.32. The Balaban J connectivity index is 1.43. The largest absolute Gasteiger partial charge is 0.493 e. The molecule has 1 N–H and O–H groups in total. The Morgan fingerprint density at radius 2 is 2.07 bits per heavy atom. The van der Waals surface area contributed by atoms with E-state index < -0.39 is 0 Å². The maximum absolute atomic E-state index is 12.9. The Hall–Kier alpha value is -3.29. The van der Waals surface area contributed by atoms with Gasteiger partial charge in [0.2, 0.25) is 11.9 Å². The van der Waals surface area contributed by atoms with Crippen molar-refractivity contribution in [2.24, 2.45) is 5.92 Å². The van der Waals surface area contributed by atoms with Crippen LogP contribution in [0.5, 0.6) is 11.5 Å². The van der Waals surface area contributed by atoms with Crippen molar-refractivity contribution in [3.63, 3.8) is 0 Å². The molecule has 0 radical (unpaired) electrons. The number of fused-ring (bicyclic) bond motifs is 1. The Bertz CT molecular complexity index is 1000. The van der Waals surface area contributed by atoms with Gasteiger partial charge < -0.3 is 19.7 Å². The zero-order valence-electron chi connectivity index (χ0n) is 16.7. The number of amides is 1. The van der Waals surface area contributed by atoms with E-state index in [1.165, 1.54) is 0 Å². The molecule has 1 aliphatic heterocycles. The average Bonchev–Trinajstić information content (AvgIpc) is 3.21. The van der Waals surface area contributed by atoms with Crippen LogP contribution in [0, 0.1) is 5.92 Å². The molecule has 4 rings (SSSR count). The molecular formula is C21H25N5O3. The number of carbonyl (C=O) groups is 1. The Labute approximate surface area is 169 Å². The van der Waals surface area contributed by atoms with E-state index in [1.807, 2.05) is 47.0 Å². The molecule has 1 saturated heterocycles. The molecule has 2 aromatic heterocycles. The highest BCUT2D eigenvalue weighted by Crippen LogP contribution is 2.30. The van der Waals surface area contributed by atoms with Gasteiger partial charge in [-0.3, -0.25) is 9.20 Å². The average molecular weight is 395 g/mol. The topological polar surface area (TPSA) is 81.0 Å². The first-order chi connectivity index (χ1) is 14.2. The van der Waals surface area contributed by atoms with Gasteiger partial charge in [-0.25, -0.2) is 0 Å². The van der Waals surface area contributed by atoms with Gasteiger partial charge in [-0.2, -0.15) is 0 Å². The predicted octanol–water partition coefficient (Wildman–Crippen LogP) is 2.28. The summed E-state index contributed by atoms with van der Waals surface area (Å²) in [7, 11) is 3.20. The van der Waals surface area contributed by atoms with Crippen LogP contribution in [-0.2, 0) is 11.3 Å². The molecule has 1 aliphatic rings. The van der Waals surface area contributed by atoms with Crippen LogP contribution in [0.15, 0.2) is 42.6 Å². The van der Waals surface area contributed by atoms with Crippen molar-refractivity contribution in [1.82, 2.24) is 19.9 Å². The predicted molar refractivity (Wildman–Crippen MR) is 109 cm³/mol. The molecule has 152 valence electrons. The fourth-order valence-corrected chi connectivity index (χ4v) is 3.84. The normalized spacial score (nSPS) is 16.6. The molecule has 29 heavy (non-hydrogen) atoms. The van der Waals surface area contributed by atoms with Gasteiger partial charge in [0, 0.05) is 31.4 Å². The number of methoxy groups -OCH3 is 2. The zero-order chi connectivity index (χ0) is 20.2. The smallest absolute Gasteiger partial charge is 0.231 e. The zero-order valence-corrected chi connectivity index (χ0v) is 16.7. The molecule has 0 saturated carbocycles. The molecule has 0 aliphatic carbocycles. The highest BCUT2D eigenvalue weighted by Gasteiger charge is 2.28. The number of carbonyl (C=O) groups excluding carboxylic acids is 1. The van der Waals surface area contributed by atoms with Crippen molar-refractivity contribution in [2.45, 2.75) is 19.4 Å². The second-order valence-electron chi connectivity index (χ2n) is 7.08. The third-order valence-electron chi connectivity index (χ3n) is 5.31. The minimum atomic E-state index is -0.101. The van der Waals surface area contributed by atoms with E-state index in [2.05, 4.69) is 20.4 Å². The minimum absolute atomic E-state index is 0.0355. The third-order valence-corrected chi connectivity index (χ3v) is 5.31. The second-order valence-corrected chi connectivity index (χ2v) is 7.08. The van der Waals surface area contributed by atoms with Gasteiger partial charge in [-0.1, -0.05) is 18.2 Å². The summed E-state index contributed by atoms with van der Waals surface area (Å²) in [5.74, 6) is 2.02. The Morgan fingerprint density at radius 1 is 1.17 bits per heavy atom. The molecule has 3 aromatic rings. The number of nitrogens with zero attached hydrogens (tertiary/aromatic N) is 4. The maximum Gasteiger partial charge on any atom is 0.231 e. The van der Waals surface area contributed by atoms with E-state index in [0.717, 1.165) is 36.5 Å².